The Kier molecular flexibility index (Phi) is 4.65. The van der Waals surface area contributed by atoms with Crippen molar-refractivity contribution in [1.29, 1.82) is 0 Å². The molecule has 0 saturated heterocycles. The highest BCUT2D eigenvalue weighted by atomic mass is 16.4. The topological polar surface area (TPSA) is 90.5 Å². The SMILES string of the molecule is O=C(O)NCCNC(=O)Nc1ccccc1. The first-order valence-corrected chi connectivity index (χ1v) is 4.75. The van der Waals surface area contributed by atoms with E-state index in [0.717, 1.165) is 0 Å². The van der Waals surface area contributed by atoms with E-state index in [9.17, 15) is 9.59 Å². The Balaban J connectivity index is 2.19. The molecule has 4 N–H and O–H groups in total. The van der Waals surface area contributed by atoms with Crippen LogP contribution in [0.1, 0.15) is 0 Å². The van der Waals surface area contributed by atoms with E-state index in [4.69, 9.17) is 5.11 Å². The molecule has 6 nitrogen and oxygen atoms in total. The molecule has 1 aromatic rings. The lowest BCUT2D eigenvalue weighted by molar-refractivity contribution is 0.194. The van der Waals surface area contributed by atoms with Crippen LogP contribution in [0.5, 0.6) is 0 Å². The minimum Gasteiger partial charge on any atom is -0.465 e. The van der Waals surface area contributed by atoms with E-state index < -0.39 is 6.09 Å². The first kappa shape index (κ1) is 11.8. The van der Waals surface area contributed by atoms with Crippen LogP contribution in [-0.2, 0) is 0 Å². The van der Waals surface area contributed by atoms with Crippen molar-refractivity contribution in [3.05, 3.63) is 30.3 Å². The van der Waals surface area contributed by atoms with Gasteiger partial charge in [0.15, 0.2) is 0 Å². The summed E-state index contributed by atoms with van der Waals surface area (Å²) in [6.45, 7) is 0.419. The van der Waals surface area contributed by atoms with Crippen molar-refractivity contribution in [2.75, 3.05) is 18.4 Å². The Morgan fingerprint density at radius 2 is 1.69 bits per heavy atom. The first-order valence-electron chi connectivity index (χ1n) is 4.75. The predicted molar refractivity (Wildman–Crippen MR) is 59.5 cm³/mol. The highest BCUT2D eigenvalue weighted by Crippen LogP contribution is 2.03. The fraction of sp³-hybridized carbons (Fsp3) is 0.200. The maximum absolute atomic E-state index is 11.3. The number of carboxylic acid groups (broad SMARTS) is 1. The van der Waals surface area contributed by atoms with Crippen molar-refractivity contribution < 1.29 is 14.7 Å². The second kappa shape index (κ2) is 6.28. The summed E-state index contributed by atoms with van der Waals surface area (Å²) in [6, 6.07) is 8.62. The van der Waals surface area contributed by atoms with E-state index >= 15 is 0 Å². The van der Waals surface area contributed by atoms with Gasteiger partial charge < -0.3 is 21.1 Å². The normalized spacial score (nSPS) is 9.25. The van der Waals surface area contributed by atoms with Crippen molar-refractivity contribution in [3.8, 4) is 0 Å². The third kappa shape index (κ3) is 4.85. The molecule has 0 unspecified atom stereocenters. The highest BCUT2D eigenvalue weighted by Gasteiger charge is 2.00. The first-order chi connectivity index (χ1) is 7.68. The zero-order valence-electron chi connectivity index (χ0n) is 8.56. The van der Waals surface area contributed by atoms with E-state index in [2.05, 4.69) is 16.0 Å². The zero-order valence-corrected chi connectivity index (χ0v) is 8.56. The zero-order chi connectivity index (χ0) is 11.8. The van der Waals surface area contributed by atoms with E-state index in [1.165, 1.54) is 0 Å². The number of nitrogens with one attached hydrogen (secondary N) is 3. The fourth-order valence-electron chi connectivity index (χ4n) is 1.04. The number of benzene rings is 1. The Morgan fingerprint density at radius 3 is 2.31 bits per heavy atom. The van der Waals surface area contributed by atoms with Crippen molar-refractivity contribution in [1.82, 2.24) is 10.6 Å². The monoisotopic (exact) mass is 223 g/mol. The average Bonchev–Trinajstić information content (AvgIpc) is 2.25. The molecule has 0 aliphatic carbocycles. The van der Waals surface area contributed by atoms with Gasteiger partial charge in [0.25, 0.3) is 0 Å². The van der Waals surface area contributed by atoms with Gasteiger partial charge >= 0.3 is 12.1 Å². The molecule has 0 aliphatic heterocycles. The number of anilines is 1. The van der Waals surface area contributed by atoms with Crippen LogP contribution < -0.4 is 16.0 Å². The number of rotatable bonds is 4. The van der Waals surface area contributed by atoms with Crippen LogP contribution in [0.15, 0.2) is 30.3 Å². The molecule has 3 amide bonds. The molecule has 0 spiro atoms. The van der Waals surface area contributed by atoms with Crippen molar-refractivity contribution >= 4 is 17.8 Å². The number of carbonyl (C=O) groups is 2. The molecule has 0 atom stereocenters. The minimum absolute atomic E-state index is 0.178. The summed E-state index contributed by atoms with van der Waals surface area (Å²) in [6.07, 6.45) is -1.11. The van der Waals surface area contributed by atoms with Gasteiger partial charge in [-0.1, -0.05) is 18.2 Å². The summed E-state index contributed by atoms with van der Waals surface area (Å²) < 4.78 is 0. The van der Waals surface area contributed by atoms with E-state index in [1.54, 1.807) is 12.1 Å². The number of amides is 3. The van der Waals surface area contributed by atoms with Crippen LogP contribution in [0.4, 0.5) is 15.3 Å². The van der Waals surface area contributed by atoms with Gasteiger partial charge in [-0.05, 0) is 12.1 Å². The molecule has 0 aromatic heterocycles. The minimum atomic E-state index is -1.11. The van der Waals surface area contributed by atoms with Crippen LogP contribution in [-0.4, -0.2) is 30.3 Å². The van der Waals surface area contributed by atoms with Crippen molar-refractivity contribution in [3.63, 3.8) is 0 Å². The fourth-order valence-corrected chi connectivity index (χ4v) is 1.04. The Morgan fingerprint density at radius 1 is 1.06 bits per heavy atom. The van der Waals surface area contributed by atoms with Gasteiger partial charge in [-0.25, -0.2) is 9.59 Å². The van der Waals surface area contributed by atoms with Gasteiger partial charge in [-0.3, -0.25) is 0 Å². The smallest absolute Gasteiger partial charge is 0.404 e. The molecule has 0 saturated carbocycles. The summed E-state index contributed by atoms with van der Waals surface area (Å²) in [5.74, 6) is 0. The summed E-state index contributed by atoms with van der Waals surface area (Å²) in [4.78, 5) is 21.4. The van der Waals surface area contributed by atoms with Crippen LogP contribution in [0.2, 0.25) is 0 Å². The van der Waals surface area contributed by atoms with Gasteiger partial charge in [-0.2, -0.15) is 0 Å². The number of hydrogen-bond acceptors (Lipinski definition) is 2. The lowest BCUT2D eigenvalue weighted by Crippen LogP contribution is -2.36. The molecule has 0 heterocycles. The number of carbonyl (C=O) groups excluding carboxylic acids is 1. The Bertz CT molecular complexity index is 354. The molecule has 0 aliphatic rings. The molecule has 6 heteroatoms. The molecule has 1 rings (SSSR count). The molecular weight excluding hydrogens is 210 g/mol. The molecule has 0 radical (unpaired) electrons. The van der Waals surface area contributed by atoms with Gasteiger partial charge in [0.05, 0.1) is 0 Å². The third-order valence-corrected chi connectivity index (χ3v) is 1.72. The number of hydrogen-bond donors (Lipinski definition) is 4. The van der Waals surface area contributed by atoms with Gasteiger partial charge in [0, 0.05) is 18.8 Å². The lowest BCUT2D eigenvalue weighted by atomic mass is 10.3. The summed E-state index contributed by atoms with van der Waals surface area (Å²) in [5.41, 5.74) is 0.686. The van der Waals surface area contributed by atoms with E-state index in [1.807, 2.05) is 18.2 Å². The third-order valence-electron chi connectivity index (χ3n) is 1.72. The van der Waals surface area contributed by atoms with E-state index in [0.29, 0.717) is 5.69 Å². The standard InChI is InChI=1S/C10H13N3O3/c14-9(11-6-7-12-10(15)16)13-8-4-2-1-3-5-8/h1-5,12H,6-7H2,(H,15,16)(H2,11,13,14). The Labute approximate surface area is 92.7 Å². The van der Waals surface area contributed by atoms with Gasteiger partial charge in [-0.15, -0.1) is 0 Å². The van der Waals surface area contributed by atoms with Crippen LogP contribution in [0.25, 0.3) is 0 Å². The van der Waals surface area contributed by atoms with Gasteiger partial charge in [0.1, 0.15) is 0 Å². The van der Waals surface area contributed by atoms with Crippen LogP contribution >= 0.6 is 0 Å². The Hall–Kier alpha value is -2.24. The van der Waals surface area contributed by atoms with Crippen LogP contribution in [0.3, 0.4) is 0 Å². The largest absolute Gasteiger partial charge is 0.465 e. The molecule has 0 fully saturated rings. The molecule has 1 aromatic carbocycles. The van der Waals surface area contributed by atoms with E-state index in [-0.39, 0.29) is 19.1 Å². The van der Waals surface area contributed by atoms with Crippen LogP contribution in [0, 0.1) is 0 Å². The predicted octanol–water partition coefficient (Wildman–Crippen LogP) is 1.08. The molecule has 16 heavy (non-hydrogen) atoms. The van der Waals surface area contributed by atoms with Crippen molar-refractivity contribution in [2.45, 2.75) is 0 Å². The average molecular weight is 223 g/mol. The second-order valence-electron chi connectivity index (χ2n) is 2.98. The quantitative estimate of drug-likeness (QED) is 0.575. The summed E-state index contributed by atoms with van der Waals surface area (Å²) >= 11 is 0. The number of para-hydroxylation sites is 1. The molecule has 0 bridgehead atoms. The second-order valence-corrected chi connectivity index (χ2v) is 2.98. The van der Waals surface area contributed by atoms with Gasteiger partial charge in [0.2, 0.25) is 0 Å². The maximum atomic E-state index is 11.3. The molecule has 86 valence electrons. The summed E-state index contributed by atoms with van der Waals surface area (Å²) in [5, 5.41) is 15.5. The highest BCUT2D eigenvalue weighted by molar-refractivity contribution is 5.89. The lowest BCUT2D eigenvalue weighted by Gasteiger charge is -2.07. The molecular formula is C10H13N3O3. The summed E-state index contributed by atoms with van der Waals surface area (Å²) in [7, 11) is 0. The number of urea groups is 1. The van der Waals surface area contributed by atoms with Crippen molar-refractivity contribution in [2.24, 2.45) is 0 Å². The maximum Gasteiger partial charge on any atom is 0.404 e.